The highest BCUT2D eigenvalue weighted by Gasteiger charge is 2.31. The zero-order valence-corrected chi connectivity index (χ0v) is 6.97. The molecule has 0 saturated heterocycles. The highest BCUT2D eigenvalue weighted by molar-refractivity contribution is 6.20. The van der Waals surface area contributed by atoms with Gasteiger partial charge in [-0.15, -0.1) is 11.6 Å². The molecule has 0 radical (unpaired) electrons. The van der Waals surface area contributed by atoms with Gasteiger partial charge in [-0.1, -0.05) is 0 Å². The smallest absolute Gasteiger partial charge is 0.324 e. The van der Waals surface area contributed by atoms with Gasteiger partial charge in [-0.05, 0) is 19.4 Å². The fourth-order valence-corrected chi connectivity index (χ4v) is 0.896. The summed E-state index contributed by atoms with van der Waals surface area (Å²) in [5.74, 6) is -1.15. The number of nitrogens with two attached hydrogens (primary N) is 2. The Kier molecular flexibility index (Phi) is 4.40. The monoisotopic (exact) mass is 180 g/mol. The molecule has 0 aromatic rings. The first-order valence-corrected chi connectivity index (χ1v) is 3.88. The van der Waals surface area contributed by atoms with Gasteiger partial charge in [-0.2, -0.15) is 0 Å². The molecule has 0 unspecified atom stereocenters. The van der Waals surface area contributed by atoms with Crippen LogP contribution < -0.4 is 11.5 Å². The Morgan fingerprint density at radius 3 is 2.45 bits per heavy atom. The van der Waals surface area contributed by atoms with Crippen molar-refractivity contribution in [3.8, 4) is 0 Å². The summed E-state index contributed by atoms with van der Waals surface area (Å²) in [5.41, 5.74) is 9.33. The van der Waals surface area contributed by atoms with Crippen LogP contribution in [-0.4, -0.2) is 29.0 Å². The predicted octanol–water partition coefficient (Wildman–Crippen LogP) is -0.254. The zero-order valence-electron chi connectivity index (χ0n) is 6.22. The lowest BCUT2D eigenvalue weighted by Crippen LogP contribution is -2.50. The van der Waals surface area contributed by atoms with Crippen LogP contribution in [0.15, 0.2) is 0 Å². The second-order valence-electron chi connectivity index (χ2n) is 2.49. The normalized spacial score (nSPS) is 15.9. The molecule has 0 spiro atoms. The van der Waals surface area contributed by atoms with Crippen LogP contribution in [0.5, 0.6) is 0 Å². The van der Waals surface area contributed by atoms with Crippen LogP contribution in [0, 0.1) is 0 Å². The van der Waals surface area contributed by atoms with Crippen molar-refractivity contribution in [2.75, 3.05) is 12.4 Å². The van der Waals surface area contributed by atoms with Crippen molar-refractivity contribution < 1.29 is 9.90 Å². The van der Waals surface area contributed by atoms with E-state index in [9.17, 15) is 4.79 Å². The molecule has 0 heterocycles. The lowest BCUT2D eigenvalue weighted by molar-refractivity contribution is -0.142. The van der Waals surface area contributed by atoms with E-state index in [0.717, 1.165) is 0 Å². The predicted molar refractivity (Wildman–Crippen MR) is 43.6 cm³/mol. The zero-order chi connectivity index (χ0) is 8.91. The van der Waals surface area contributed by atoms with Crippen LogP contribution in [0.2, 0.25) is 0 Å². The van der Waals surface area contributed by atoms with E-state index in [1.807, 2.05) is 0 Å². The van der Waals surface area contributed by atoms with E-state index in [2.05, 4.69) is 0 Å². The molecule has 66 valence electrons. The third-order valence-electron chi connectivity index (χ3n) is 1.49. The van der Waals surface area contributed by atoms with E-state index in [-0.39, 0.29) is 5.88 Å². The molecule has 0 fully saturated rings. The summed E-state index contributed by atoms with van der Waals surface area (Å²) in [6.07, 6.45) is 0.901. The lowest BCUT2D eigenvalue weighted by Gasteiger charge is -2.20. The van der Waals surface area contributed by atoms with Gasteiger partial charge in [0.1, 0.15) is 5.54 Å². The van der Waals surface area contributed by atoms with Gasteiger partial charge in [-0.3, -0.25) is 4.79 Å². The van der Waals surface area contributed by atoms with Crippen LogP contribution in [0.3, 0.4) is 0 Å². The first kappa shape index (κ1) is 10.7. The van der Waals surface area contributed by atoms with Gasteiger partial charge in [0.25, 0.3) is 0 Å². The van der Waals surface area contributed by atoms with E-state index >= 15 is 0 Å². The van der Waals surface area contributed by atoms with Crippen molar-refractivity contribution in [3.63, 3.8) is 0 Å². The van der Waals surface area contributed by atoms with Crippen molar-refractivity contribution in [2.45, 2.75) is 18.4 Å². The van der Waals surface area contributed by atoms with E-state index in [1.54, 1.807) is 0 Å². The Bertz CT molecular complexity index is 143. The van der Waals surface area contributed by atoms with Crippen LogP contribution in [0.25, 0.3) is 0 Å². The van der Waals surface area contributed by atoms with E-state index in [4.69, 9.17) is 28.2 Å². The maximum atomic E-state index is 10.5. The minimum Gasteiger partial charge on any atom is -0.480 e. The molecular weight excluding hydrogens is 168 g/mol. The Hall–Kier alpha value is -0.320. The molecule has 0 saturated carbocycles. The fourth-order valence-electron chi connectivity index (χ4n) is 0.648. The Balaban J connectivity index is 3.99. The average molecular weight is 181 g/mol. The summed E-state index contributed by atoms with van der Waals surface area (Å²) < 4.78 is 0. The topological polar surface area (TPSA) is 89.3 Å². The molecule has 0 aliphatic rings. The fraction of sp³-hybridized carbons (Fsp3) is 0.833. The molecule has 11 heavy (non-hydrogen) atoms. The number of hydrogen-bond acceptors (Lipinski definition) is 3. The maximum Gasteiger partial charge on any atom is 0.324 e. The number of carboxylic acids is 1. The minimum atomic E-state index is -1.30. The quantitative estimate of drug-likeness (QED) is 0.509. The molecule has 0 rings (SSSR count). The number of alkyl halides is 1. The molecule has 1 atom stereocenters. The van der Waals surface area contributed by atoms with Gasteiger partial charge in [0, 0.05) is 0 Å². The summed E-state index contributed by atoms with van der Waals surface area (Å²) in [6.45, 7) is 0.434. The molecule has 0 amide bonds. The summed E-state index contributed by atoms with van der Waals surface area (Å²) >= 11 is 5.39. The SMILES string of the molecule is NCCC[C@](N)(CCl)C(=O)O. The first-order valence-electron chi connectivity index (χ1n) is 3.35. The molecule has 0 bridgehead atoms. The third-order valence-corrected chi connectivity index (χ3v) is 1.97. The van der Waals surface area contributed by atoms with Crippen LogP contribution >= 0.6 is 11.6 Å². The number of rotatable bonds is 5. The van der Waals surface area contributed by atoms with Crippen molar-refractivity contribution in [2.24, 2.45) is 11.5 Å². The van der Waals surface area contributed by atoms with Crippen LogP contribution in [0.1, 0.15) is 12.8 Å². The number of aliphatic carboxylic acids is 1. The second-order valence-corrected chi connectivity index (χ2v) is 2.75. The van der Waals surface area contributed by atoms with Gasteiger partial charge >= 0.3 is 5.97 Å². The van der Waals surface area contributed by atoms with Gasteiger partial charge < -0.3 is 16.6 Å². The Morgan fingerprint density at radius 2 is 2.18 bits per heavy atom. The lowest BCUT2D eigenvalue weighted by atomic mass is 9.97. The largest absolute Gasteiger partial charge is 0.480 e. The van der Waals surface area contributed by atoms with Crippen molar-refractivity contribution in [3.05, 3.63) is 0 Å². The molecule has 0 aliphatic heterocycles. The highest BCUT2D eigenvalue weighted by Crippen LogP contribution is 2.11. The van der Waals surface area contributed by atoms with Crippen LogP contribution in [-0.2, 0) is 4.79 Å². The molecule has 4 nitrogen and oxygen atoms in total. The van der Waals surface area contributed by atoms with Crippen molar-refractivity contribution in [1.82, 2.24) is 0 Å². The summed E-state index contributed by atoms with van der Waals surface area (Å²) in [6, 6.07) is 0. The molecule has 0 aliphatic carbocycles. The number of carbonyl (C=O) groups is 1. The van der Waals surface area contributed by atoms with Crippen molar-refractivity contribution in [1.29, 1.82) is 0 Å². The highest BCUT2D eigenvalue weighted by atomic mass is 35.5. The molecule has 0 aromatic carbocycles. The summed E-state index contributed by atoms with van der Waals surface area (Å²) in [4.78, 5) is 10.5. The van der Waals surface area contributed by atoms with E-state index in [1.165, 1.54) is 0 Å². The van der Waals surface area contributed by atoms with E-state index < -0.39 is 11.5 Å². The minimum absolute atomic E-state index is 0.0810. The van der Waals surface area contributed by atoms with Crippen LogP contribution in [0.4, 0.5) is 0 Å². The number of halogens is 1. The molecule has 5 N–H and O–H groups in total. The summed E-state index contributed by atoms with van der Waals surface area (Å²) in [5, 5.41) is 8.61. The van der Waals surface area contributed by atoms with E-state index in [0.29, 0.717) is 19.4 Å². The Labute approximate surface area is 70.5 Å². The van der Waals surface area contributed by atoms with Gasteiger partial charge in [0.05, 0.1) is 5.88 Å². The average Bonchev–Trinajstić information content (AvgIpc) is 2.00. The molecule has 5 heteroatoms. The van der Waals surface area contributed by atoms with Gasteiger partial charge in [0.2, 0.25) is 0 Å². The molecule has 0 aromatic heterocycles. The molecular formula is C6H13ClN2O2. The standard InChI is InChI=1S/C6H13ClN2O2/c7-4-6(9,5(10)11)2-1-3-8/h1-4,8-9H2,(H,10,11)/t6-/m0/s1. The van der Waals surface area contributed by atoms with Gasteiger partial charge in [0.15, 0.2) is 0 Å². The van der Waals surface area contributed by atoms with Crippen molar-refractivity contribution >= 4 is 17.6 Å². The number of hydrogen-bond donors (Lipinski definition) is 3. The number of carboxylic acid groups (broad SMARTS) is 1. The van der Waals surface area contributed by atoms with Gasteiger partial charge in [-0.25, -0.2) is 0 Å². The maximum absolute atomic E-state index is 10.5. The third kappa shape index (κ3) is 3.05. The first-order chi connectivity index (χ1) is 5.06. The summed E-state index contributed by atoms with van der Waals surface area (Å²) in [7, 11) is 0. The second kappa shape index (κ2) is 4.54. The Morgan fingerprint density at radius 1 is 1.64 bits per heavy atom.